The van der Waals surface area contributed by atoms with Crippen molar-refractivity contribution in [2.75, 3.05) is 0 Å². The summed E-state index contributed by atoms with van der Waals surface area (Å²) < 4.78 is 0. The second-order valence-corrected chi connectivity index (χ2v) is 5.94. The van der Waals surface area contributed by atoms with Crippen LogP contribution in [0.1, 0.15) is 31.7 Å². The molecule has 0 fully saturated rings. The van der Waals surface area contributed by atoms with Crippen molar-refractivity contribution in [3.8, 4) is 6.07 Å². The smallest absolute Gasteiger partial charge is 0.0975 e. The van der Waals surface area contributed by atoms with Crippen molar-refractivity contribution in [3.05, 3.63) is 70.7 Å². The van der Waals surface area contributed by atoms with E-state index in [1.54, 1.807) is 12.4 Å². The predicted octanol–water partition coefficient (Wildman–Crippen LogP) is 3.75. The van der Waals surface area contributed by atoms with E-state index in [0.717, 1.165) is 27.7 Å². The second-order valence-electron chi connectivity index (χ2n) is 5.94. The summed E-state index contributed by atoms with van der Waals surface area (Å²) in [7, 11) is 0. The average Bonchev–Trinajstić information content (AvgIpc) is 2.53. The van der Waals surface area contributed by atoms with E-state index in [4.69, 9.17) is 5.73 Å². The van der Waals surface area contributed by atoms with Crippen molar-refractivity contribution in [1.82, 2.24) is 9.97 Å². The molecule has 0 saturated carbocycles. The average molecular weight is 302 g/mol. The maximum atomic E-state index is 9.62. The number of fused-ring (bicyclic) bond motifs is 1. The van der Waals surface area contributed by atoms with Gasteiger partial charge in [0.05, 0.1) is 22.7 Å². The fourth-order valence-electron chi connectivity index (χ4n) is 3.29. The molecule has 1 heterocycles. The molecule has 0 bridgehead atoms. The van der Waals surface area contributed by atoms with E-state index in [0.29, 0.717) is 17.7 Å². The number of hydrogen-bond acceptors (Lipinski definition) is 4. The highest BCUT2D eigenvalue weighted by molar-refractivity contribution is 5.75. The number of rotatable bonds is 2. The normalized spacial score (nSPS) is 18.2. The van der Waals surface area contributed by atoms with E-state index in [2.05, 4.69) is 29.5 Å². The summed E-state index contributed by atoms with van der Waals surface area (Å²) in [4.78, 5) is 8.66. The lowest BCUT2D eigenvalue weighted by Gasteiger charge is -2.29. The fourth-order valence-corrected chi connectivity index (χ4v) is 3.29. The molecule has 1 aliphatic carbocycles. The Labute approximate surface area is 135 Å². The summed E-state index contributed by atoms with van der Waals surface area (Å²) in [6.45, 7) is 8.13. The fraction of sp³-hybridized carbons (Fsp3) is 0.211. The highest BCUT2D eigenvalue weighted by Crippen LogP contribution is 2.43. The van der Waals surface area contributed by atoms with Crippen molar-refractivity contribution < 1.29 is 0 Å². The van der Waals surface area contributed by atoms with Gasteiger partial charge in [0.15, 0.2) is 0 Å². The molecule has 114 valence electrons. The highest BCUT2D eigenvalue weighted by atomic mass is 14.8. The van der Waals surface area contributed by atoms with Crippen LogP contribution >= 0.6 is 0 Å². The Morgan fingerprint density at radius 2 is 2.00 bits per heavy atom. The summed E-state index contributed by atoms with van der Waals surface area (Å²) in [5.74, 6) is -0.183. The summed E-state index contributed by atoms with van der Waals surface area (Å²) in [5, 5.41) is 9.62. The Morgan fingerprint density at radius 1 is 1.30 bits per heavy atom. The number of aromatic nitrogens is 2. The van der Waals surface area contributed by atoms with Gasteiger partial charge in [-0.25, -0.2) is 0 Å². The molecule has 23 heavy (non-hydrogen) atoms. The Morgan fingerprint density at radius 3 is 2.65 bits per heavy atom. The molecule has 0 spiro atoms. The largest absolute Gasteiger partial charge is 0.401 e. The van der Waals surface area contributed by atoms with Crippen LogP contribution in [-0.2, 0) is 0 Å². The lowest BCUT2D eigenvalue weighted by Crippen LogP contribution is -2.18. The van der Waals surface area contributed by atoms with Crippen molar-refractivity contribution in [3.63, 3.8) is 0 Å². The molecule has 1 aromatic carbocycles. The van der Waals surface area contributed by atoms with Gasteiger partial charge in [-0.15, -0.1) is 0 Å². The van der Waals surface area contributed by atoms with Gasteiger partial charge in [-0.05, 0) is 37.1 Å². The maximum Gasteiger partial charge on any atom is 0.0975 e. The van der Waals surface area contributed by atoms with Crippen molar-refractivity contribution in [2.45, 2.75) is 26.2 Å². The number of benzene rings is 1. The molecule has 1 aliphatic rings. The molecule has 1 atom stereocenters. The Hall–Kier alpha value is -2.93. The Balaban J connectivity index is 2.24. The summed E-state index contributed by atoms with van der Waals surface area (Å²) in [6.07, 6.45) is 3.96. The zero-order valence-corrected chi connectivity index (χ0v) is 13.3. The van der Waals surface area contributed by atoms with Crippen LogP contribution in [0.5, 0.6) is 0 Å². The molecule has 1 unspecified atom stereocenters. The van der Waals surface area contributed by atoms with Gasteiger partial charge >= 0.3 is 0 Å². The van der Waals surface area contributed by atoms with Gasteiger partial charge in [0.1, 0.15) is 0 Å². The number of allylic oxidation sites excluding steroid dienone is 4. The summed E-state index contributed by atoms with van der Waals surface area (Å²) >= 11 is 0. The number of nitrogens with zero attached hydrogens (tertiary/aromatic N) is 3. The second kappa shape index (κ2) is 5.69. The molecule has 3 rings (SSSR count). The molecule has 1 aromatic heterocycles. The molecule has 0 aliphatic heterocycles. The highest BCUT2D eigenvalue weighted by Gasteiger charge is 2.29. The third kappa shape index (κ3) is 2.51. The third-order valence-electron chi connectivity index (χ3n) is 4.25. The molecule has 2 aromatic rings. The van der Waals surface area contributed by atoms with Crippen LogP contribution in [0.15, 0.2) is 65.2 Å². The van der Waals surface area contributed by atoms with Crippen LogP contribution in [0.2, 0.25) is 0 Å². The number of hydrogen-bond donors (Lipinski definition) is 1. The first kappa shape index (κ1) is 15.0. The predicted molar refractivity (Wildman–Crippen MR) is 91.2 cm³/mol. The van der Waals surface area contributed by atoms with Crippen molar-refractivity contribution in [1.29, 1.82) is 5.26 Å². The molecule has 0 radical (unpaired) electrons. The topological polar surface area (TPSA) is 75.6 Å². The minimum atomic E-state index is -0.183. The first-order chi connectivity index (χ1) is 11.0. The van der Waals surface area contributed by atoms with E-state index in [9.17, 15) is 5.26 Å². The van der Waals surface area contributed by atoms with Crippen molar-refractivity contribution in [2.24, 2.45) is 5.73 Å². The molecule has 2 N–H and O–H groups in total. The lowest BCUT2D eigenvalue weighted by molar-refractivity contribution is 0.845. The van der Waals surface area contributed by atoms with Crippen LogP contribution < -0.4 is 5.73 Å². The quantitative estimate of drug-likeness (QED) is 0.916. The van der Waals surface area contributed by atoms with Crippen LogP contribution in [0, 0.1) is 11.3 Å². The van der Waals surface area contributed by atoms with Gasteiger partial charge in [-0.3, -0.25) is 9.97 Å². The van der Waals surface area contributed by atoms with Crippen LogP contribution in [0.4, 0.5) is 0 Å². The monoisotopic (exact) mass is 302 g/mol. The first-order valence-corrected chi connectivity index (χ1v) is 7.47. The minimum Gasteiger partial charge on any atom is -0.401 e. The number of nitrogens with two attached hydrogens (primary N) is 1. The molecule has 0 saturated heterocycles. The third-order valence-corrected chi connectivity index (χ3v) is 4.25. The standard InChI is InChI=1S/C19H18N4/c1-11(2)18-12(3)8-15(21)14(10-20)19(18)13-4-5-16-17(9-13)23-7-6-22-16/h4-7,9,19H,1,8,21H2,2-3H3. The van der Waals surface area contributed by atoms with Gasteiger partial charge in [-0.1, -0.05) is 23.8 Å². The first-order valence-electron chi connectivity index (χ1n) is 7.47. The molecule has 0 amide bonds. The Kier molecular flexibility index (Phi) is 3.71. The van der Waals surface area contributed by atoms with Crippen LogP contribution in [0.3, 0.4) is 0 Å². The van der Waals surface area contributed by atoms with E-state index >= 15 is 0 Å². The minimum absolute atomic E-state index is 0.183. The molecule has 4 nitrogen and oxygen atoms in total. The van der Waals surface area contributed by atoms with Crippen LogP contribution in [0.25, 0.3) is 11.0 Å². The van der Waals surface area contributed by atoms with Gasteiger partial charge < -0.3 is 5.73 Å². The zero-order valence-electron chi connectivity index (χ0n) is 13.3. The van der Waals surface area contributed by atoms with E-state index in [1.807, 2.05) is 25.1 Å². The van der Waals surface area contributed by atoms with Gasteiger partial charge in [0.2, 0.25) is 0 Å². The molecular weight excluding hydrogens is 284 g/mol. The van der Waals surface area contributed by atoms with E-state index in [1.165, 1.54) is 5.57 Å². The lowest BCUT2D eigenvalue weighted by atomic mass is 9.75. The summed E-state index contributed by atoms with van der Waals surface area (Å²) in [5.41, 5.74) is 13.3. The van der Waals surface area contributed by atoms with Gasteiger partial charge in [0.25, 0.3) is 0 Å². The SMILES string of the molecule is C=C(C)C1=C(C)CC(N)=C(C#N)C1c1ccc2nccnc2c1. The van der Waals surface area contributed by atoms with Crippen molar-refractivity contribution >= 4 is 11.0 Å². The Bertz CT molecular complexity index is 912. The van der Waals surface area contributed by atoms with Crippen LogP contribution in [-0.4, -0.2) is 9.97 Å². The number of nitriles is 1. The summed E-state index contributed by atoms with van der Waals surface area (Å²) in [6, 6.07) is 8.21. The van der Waals surface area contributed by atoms with E-state index < -0.39 is 0 Å². The molecular formula is C19H18N4. The van der Waals surface area contributed by atoms with Gasteiger partial charge in [-0.2, -0.15) is 5.26 Å². The van der Waals surface area contributed by atoms with Gasteiger partial charge in [0, 0.05) is 30.4 Å². The molecule has 4 heteroatoms. The maximum absolute atomic E-state index is 9.62. The van der Waals surface area contributed by atoms with E-state index in [-0.39, 0.29) is 5.92 Å². The zero-order chi connectivity index (χ0) is 16.6.